The molecule has 0 fully saturated rings. The average Bonchev–Trinajstić information content (AvgIpc) is 2.58. The molecule has 1 heterocycles. The van der Waals surface area contributed by atoms with Crippen LogP contribution in [0.1, 0.15) is 0 Å². The minimum absolute atomic E-state index is 0.653. The van der Waals surface area contributed by atoms with Crippen LogP contribution in [0.15, 0.2) is 28.7 Å². The molecule has 0 amide bonds. The molecule has 1 aromatic carbocycles. The van der Waals surface area contributed by atoms with E-state index in [0.717, 1.165) is 21.4 Å². The molecule has 0 unspecified atom stereocenters. The minimum atomic E-state index is 0.653. The summed E-state index contributed by atoms with van der Waals surface area (Å²) in [6, 6.07) is 7.96. The lowest BCUT2D eigenvalue weighted by atomic mass is 10.1. The van der Waals surface area contributed by atoms with Gasteiger partial charge in [0.05, 0.1) is 5.69 Å². The van der Waals surface area contributed by atoms with E-state index >= 15 is 0 Å². The van der Waals surface area contributed by atoms with Gasteiger partial charge in [-0.05, 0) is 12.1 Å². The van der Waals surface area contributed by atoms with Gasteiger partial charge in [-0.2, -0.15) is 5.10 Å². The molecule has 0 radical (unpaired) electrons. The van der Waals surface area contributed by atoms with E-state index in [0.29, 0.717) is 5.82 Å². The molecule has 0 saturated carbocycles. The van der Waals surface area contributed by atoms with Gasteiger partial charge in [-0.25, -0.2) is 0 Å². The first-order chi connectivity index (χ1) is 8.00. The van der Waals surface area contributed by atoms with Crippen molar-refractivity contribution in [3.63, 3.8) is 0 Å². The van der Waals surface area contributed by atoms with Gasteiger partial charge < -0.3 is 10.6 Å². The van der Waals surface area contributed by atoms with E-state index in [9.17, 15) is 0 Å². The van der Waals surface area contributed by atoms with Crippen molar-refractivity contribution in [2.45, 2.75) is 0 Å². The smallest absolute Gasteiger partial charge is 0.121 e. The fourth-order valence-electron chi connectivity index (χ4n) is 1.74. The molecular formula is C12H15BrN4. The molecule has 4 nitrogen and oxygen atoms in total. The normalized spacial score (nSPS) is 10.6. The summed E-state index contributed by atoms with van der Waals surface area (Å²) in [4.78, 5) is 2.06. The van der Waals surface area contributed by atoms with Crippen molar-refractivity contribution in [3.05, 3.63) is 28.7 Å². The fourth-order valence-corrected chi connectivity index (χ4v) is 2.30. The summed E-state index contributed by atoms with van der Waals surface area (Å²) in [5.41, 5.74) is 8.87. The van der Waals surface area contributed by atoms with Gasteiger partial charge in [0.2, 0.25) is 0 Å². The zero-order chi connectivity index (χ0) is 12.6. The summed E-state index contributed by atoms with van der Waals surface area (Å²) in [5, 5.41) is 4.42. The van der Waals surface area contributed by atoms with Gasteiger partial charge in [-0.15, -0.1) is 0 Å². The Hall–Kier alpha value is -1.49. The van der Waals surface area contributed by atoms with E-state index in [-0.39, 0.29) is 0 Å². The van der Waals surface area contributed by atoms with Gasteiger partial charge in [0.25, 0.3) is 0 Å². The van der Waals surface area contributed by atoms with E-state index in [2.05, 4.69) is 32.0 Å². The second-order valence-corrected chi connectivity index (χ2v) is 4.96. The van der Waals surface area contributed by atoms with Gasteiger partial charge in [0.1, 0.15) is 5.82 Å². The molecule has 0 spiro atoms. The van der Waals surface area contributed by atoms with Crippen molar-refractivity contribution in [1.29, 1.82) is 0 Å². The fraction of sp³-hybridized carbons (Fsp3) is 0.250. The molecule has 0 aliphatic heterocycles. The monoisotopic (exact) mass is 294 g/mol. The molecule has 5 heteroatoms. The molecule has 2 aromatic rings. The third-order valence-corrected chi connectivity index (χ3v) is 3.31. The second-order valence-electron chi connectivity index (χ2n) is 4.11. The lowest BCUT2D eigenvalue weighted by Crippen LogP contribution is -2.10. The van der Waals surface area contributed by atoms with Crippen LogP contribution in [0.3, 0.4) is 0 Å². The van der Waals surface area contributed by atoms with Crippen LogP contribution < -0.4 is 10.6 Å². The highest BCUT2D eigenvalue weighted by atomic mass is 79.9. The standard InChI is InChI=1S/C12H15BrN4/c1-16(2)10-6-4-5-8(13)12(10)9-7-11(14)17(3)15-9/h4-7H,14H2,1-3H3. The van der Waals surface area contributed by atoms with Crippen LogP contribution in [0.25, 0.3) is 11.3 Å². The van der Waals surface area contributed by atoms with Crippen molar-refractivity contribution in [1.82, 2.24) is 9.78 Å². The van der Waals surface area contributed by atoms with Crippen molar-refractivity contribution in [3.8, 4) is 11.3 Å². The number of hydrogen-bond acceptors (Lipinski definition) is 3. The Labute approximate surface area is 109 Å². The number of nitrogens with zero attached hydrogens (tertiary/aromatic N) is 3. The number of aryl methyl sites for hydroxylation is 1. The molecule has 0 aliphatic rings. The zero-order valence-electron chi connectivity index (χ0n) is 10.1. The molecule has 17 heavy (non-hydrogen) atoms. The first kappa shape index (κ1) is 12.0. The Kier molecular flexibility index (Phi) is 3.11. The maximum atomic E-state index is 5.83. The minimum Gasteiger partial charge on any atom is -0.384 e. The Morgan fingerprint density at radius 1 is 1.35 bits per heavy atom. The van der Waals surface area contributed by atoms with Crippen LogP contribution in [0.2, 0.25) is 0 Å². The summed E-state index contributed by atoms with van der Waals surface area (Å²) in [6.45, 7) is 0. The maximum absolute atomic E-state index is 5.83. The molecule has 2 rings (SSSR count). The molecule has 2 N–H and O–H groups in total. The van der Waals surface area contributed by atoms with Gasteiger partial charge >= 0.3 is 0 Å². The second kappa shape index (κ2) is 4.41. The summed E-state index contributed by atoms with van der Waals surface area (Å²) in [7, 11) is 5.86. The van der Waals surface area contributed by atoms with Crippen molar-refractivity contribution in [2.24, 2.45) is 7.05 Å². The van der Waals surface area contributed by atoms with Crippen LogP contribution in [0.4, 0.5) is 11.5 Å². The number of nitrogen functional groups attached to an aromatic ring is 1. The van der Waals surface area contributed by atoms with Crippen LogP contribution in [0, 0.1) is 0 Å². The Balaban J connectivity index is 2.65. The predicted octanol–water partition coefficient (Wildman–Crippen LogP) is 2.50. The average molecular weight is 295 g/mol. The lowest BCUT2D eigenvalue weighted by molar-refractivity contribution is 0.782. The van der Waals surface area contributed by atoms with Gasteiger partial charge in [0, 0.05) is 42.9 Å². The summed E-state index contributed by atoms with van der Waals surface area (Å²) in [6.07, 6.45) is 0. The quantitative estimate of drug-likeness (QED) is 0.926. The van der Waals surface area contributed by atoms with Gasteiger partial charge in [-0.1, -0.05) is 22.0 Å². The maximum Gasteiger partial charge on any atom is 0.121 e. The Morgan fingerprint density at radius 2 is 2.06 bits per heavy atom. The third kappa shape index (κ3) is 2.15. The third-order valence-electron chi connectivity index (χ3n) is 2.65. The molecule has 90 valence electrons. The summed E-state index contributed by atoms with van der Waals surface area (Å²) >= 11 is 3.57. The highest BCUT2D eigenvalue weighted by Crippen LogP contribution is 2.36. The van der Waals surface area contributed by atoms with E-state index < -0.39 is 0 Å². The Morgan fingerprint density at radius 3 is 2.59 bits per heavy atom. The molecule has 1 aromatic heterocycles. The van der Waals surface area contributed by atoms with Gasteiger partial charge in [-0.3, -0.25) is 4.68 Å². The highest BCUT2D eigenvalue weighted by Gasteiger charge is 2.14. The number of hydrogen-bond donors (Lipinski definition) is 1. The van der Waals surface area contributed by atoms with E-state index in [4.69, 9.17) is 5.73 Å². The predicted molar refractivity (Wildman–Crippen MR) is 75.1 cm³/mol. The molecule has 0 bridgehead atoms. The molecule has 0 atom stereocenters. The largest absolute Gasteiger partial charge is 0.384 e. The van der Waals surface area contributed by atoms with E-state index in [1.54, 1.807) is 4.68 Å². The highest BCUT2D eigenvalue weighted by molar-refractivity contribution is 9.10. The summed E-state index contributed by atoms with van der Waals surface area (Å²) < 4.78 is 2.69. The Bertz CT molecular complexity index is 526. The molecular weight excluding hydrogens is 280 g/mol. The topological polar surface area (TPSA) is 47.1 Å². The zero-order valence-corrected chi connectivity index (χ0v) is 11.7. The number of anilines is 2. The van der Waals surface area contributed by atoms with E-state index in [1.165, 1.54) is 0 Å². The number of aromatic nitrogens is 2. The van der Waals surface area contributed by atoms with Crippen LogP contribution in [-0.2, 0) is 7.05 Å². The first-order valence-corrected chi connectivity index (χ1v) is 6.05. The van der Waals surface area contributed by atoms with E-state index in [1.807, 2.05) is 39.3 Å². The number of halogens is 1. The number of rotatable bonds is 2. The van der Waals surface area contributed by atoms with Crippen molar-refractivity contribution >= 4 is 27.4 Å². The van der Waals surface area contributed by atoms with Crippen LogP contribution in [0.5, 0.6) is 0 Å². The lowest BCUT2D eigenvalue weighted by Gasteiger charge is -2.17. The van der Waals surface area contributed by atoms with Gasteiger partial charge in [0.15, 0.2) is 0 Å². The SMILES string of the molecule is CN(C)c1cccc(Br)c1-c1cc(N)n(C)n1. The molecule has 0 aliphatic carbocycles. The number of nitrogens with two attached hydrogens (primary N) is 1. The van der Waals surface area contributed by atoms with Crippen LogP contribution >= 0.6 is 15.9 Å². The van der Waals surface area contributed by atoms with Crippen LogP contribution in [-0.4, -0.2) is 23.9 Å². The summed E-state index contributed by atoms with van der Waals surface area (Å²) in [5.74, 6) is 0.653. The van der Waals surface area contributed by atoms with Crippen molar-refractivity contribution in [2.75, 3.05) is 24.7 Å². The molecule has 0 saturated heterocycles. The van der Waals surface area contributed by atoms with Crippen molar-refractivity contribution < 1.29 is 0 Å². The first-order valence-electron chi connectivity index (χ1n) is 5.26. The number of benzene rings is 1.